The number of nitrogens with one attached hydrogen (secondary N) is 1. The molecule has 1 aromatic heterocycles. The zero-order valence-corrected chi connectivity index (χ0v) is 20.6. The van der Waals surface area contributed by atoms with Crippen LogP contribution in [-0.4, -0.2) is 57.8 Å². The van der Waals surface area contributed by atoms with Crippen molar-refractivity contribution in [2.45, 2.75) is 49.2 Å². The van der Waals surface area contributed by atoms with E-state index in [1.807, 2.05) is 23.6 Å². The van der Waals surface area contributed by atoms with Gasteiger partial charge in [0.2, 0.25) is 5.91 Å². The van der Waals surface area contributed by atoms with Gasteiger partial charge in [0, 0.05) is 34.5 Å². The smallest absolute Gasteiger partial charge is 0.359 e. The number of amides is 1. The number of aryl methyl sites for hydroxylation is 1. The molecule has 2 fully saturated rings. The molecule has 0 spiro atoms. The van der Waals surface area contributed by atoms with Crippen molar-refractivity contribution in [3.05, 3.63) is 46.8 Å². The maximum atomic E-state index is 12.4. The number of rotatable bonds is 7. The van der Waals surface area contributed by atoms with Crippen molar-refractivity contribution in [1.29, 1.82) is 0 Å². The highest BCUT2D eigenvalue weighted by atomic mass is 35.5. The Bertz CT molecular complexity index is 1060. The van der Waals surface area contributed by atoms with Gasteiger partial charge in [-0.3, -0.25) is 9.89 Å². The molecule has 1 N–H and O–H groups in total. The summed E-state index contributed by atoms with van der Waals surface area (Å²) in [5.41, 5.74) is 3.94. The van der Waals surface area contributed by atoms with Crippen LogP contribution in [0.1, 0.15) is 53.0 Å². The number of piperidine rings is 1. The average Bonchev–Trinajstić information content (AvgIpc) is 3.13. The molecule has 8 heteroatoms. The lowest BCUT2D eigenvalue weighted by Crippen LogP contribution is -2.45. The molecule has 176 valence electrons. The van der Waals surface area contributed by atoms with Gasteiger partial charge in [0.1, 0.15) is 5.88 Å². The van der Waals surface area contributed by atoms with Gasteiger partial charge in [-0.15, -0.1) is 23.4 Å². The van der Waals surface area contributed by atoms with Crippen LogP contribution in [0.25, 0.3) is 0 Å². The number of thioether (sulfide) groups is 1. The molecule has 3 unspecified atom stereocenters. The van der Waals surface area contributed by atoms with Crippen LogP contribution in [0.2, 0.25) is 0 Å². The maximum Gasteiger partial charge on any atom is 0.359 e. The monoisotopic (exact) mass is 487 g/mol. The van der Waals surface area contributed by atoms with E-state index in [-0.39, 0.29) is 17.8 Å². The van der Waals surface area contributed by atoms with Crippen LogP contribution in [0.15, 0.2) is 29.2 Å². The Hall–Kier alpha value is -1.99. The second-order valence-electron chi connectivity index (χ2n) is 9.42. The molecule has 1 saturated carbocycles. The van der Waals surface area contributed by atoms with Gasteiger partial charge in [0.15, 0.2) is 5.69 Å². The van der Waals surface area contributed by atoms with Crippen molar-refractivity contribution < 1.29 is 14.3 Å². The number of hydrogen-bond acceptors (Lipinski definition) is 5. The summed E-state index contributed by atoms with van der Waals surface area (Å²) in [5.74, 6) is 1.60. The Kier molecular flexibility index (Phi) is 6.45. The molecule has 2 aromatic rings. The fourth-order valence-electron chi connectivity index (χ4n) is 5.87. The number of ether oxygens (including phenoxy) is 1. The number of fused-ring (bicyclic) bond motifs is 3. The van der Waals surface area contributed by atoms with Crippen molar-refractivity contribution >= 4 is 35.2 Å². The largest absolute Gasteiger partial charge is 0.461 e. The summed E-state index contributed by atoms with van der Waals surface area (Å²) in [4.78, 5) is 28.0. The lowest BCUT2D eigenvalue weighted by Gasteiger charge is -2.38. The van der Waals surface area contributed by atoms with E-state index in [0.717, 1.165) is 43.6 Å². The van der Waals surface area contributed by atoms with E-state index in [4.69, 9.17) is 16.3 Å². The van der Waals surface area contributed by atoms with Gasteiger partial charge >= 0.3 is 5.97 Å². The predicted molar refractivity (Wildman–Crippen MR) is 129 cm³/mol. The molecule has 0 bridgehead atoms. The molecule has 33 heavy (non-hydrogen) atoms. The molecule has 1 saturated heterocycles. The van der Waals surface area contributed by atoms with E-state index in [2.05, 4.69) is 41.4 Å². The van der Waals surface area contributed by atoms with Gasteiger partial charge in [-0.1, -0.05) is 18.2 Å². The number of carbonyl (C=O) groups excluding carboxylic acids is 2. The number of halogens is 1. The van der Waals surface area contributed by atoms with Gasteiger partial charge in [0.05, 0.1) is 6.61 Å². The first-order chi connectivity index (χ1) is 16.0. The molecule has 0 radical (unpaired) electrons. The van der Waals surface area contributed by atoms with E-state index in [0.29, 0.717) is 41.2 Å². The predicted octanol–water partition coefficient (Wildman–Crippen LogP) is 4.42. The van der Waals surface area contributed by atoms with Crippen molar-refractivity contribution in [2.75, 3.05) is 25.6 Å². The molecule has 5 atom stereocenters. The quantitative estimate of drug-likeness (QED) is 0.462. The third-order valence-corrected chi connectivity index (χ3v) is 9.40. The first-order valence-electron chi connectivity index (χ1n) is 11.8. The van der Waals surface area contributed by atoms with E-state index in [9.17, 15) is 9.59 Å². The fraction of sp³-hybridized carbons (Fsp3) is 0.560. The fourth-order valence-corrected chi connectivity index (χ4v) is 7.39. The summed E-state index contributed by atoms with van der Waals surface area (Å²) in [5, 5.41) is 7.79. The third kappa shape index (κ3) is 4.30. The molecule has 3 aliphatic rings. The van der Waals surface area contributed by atoms with Crippen molar-refractivity contribution in [3.63, 3.8) is 0 Å². The highest BCUT2D eigenvalue weighted by Gasteiger charge is 2.59. The van der Waals surface area contributed by atoms with Gasteiger partial charge in [-0.2, -0.15) is 5.10 Å². The molecular formula is C25H30ClN3O3S. The molecular weight excluding hydrogens is 458 g/mol. The van der Waals surface area contributed by atoms with Crippen LogP contribution in [0.5, 0.6) is 0 Å². The van der Waals surface area contributed by atoms with Crippen LogP contribution >= 0.6 is 23.4 Å². The van der Waals surface area contributed by atoms with Crippen molar-refractivity contribution in [2.24, 2.45) is 17.8 Å². The highest BCUT2D eigenvalue weighted by Crippen LogP contribution is 2.64. The van der Waals surface area contributed by atoms with E-state index >= 15 is 0 Å². The zero-order valence-electron chi connectivity index (χ0n) is 19.1. The van der Waals surface area contributed by atoms with E-state index in [1.165, 1.54) is 10.5 Å². The Morgan fingerprint density at radius 1 is 1.33 bits per heavy atom. The topological polar surface area (TPSA) is 75.3 Å². The summed E-state index contributed by atoms with van der Waals surface area (Å²) in [7, 11) is 0. The molecule has 1 amide bonds. The van der Waals surface area contributed by atoms with Crippen LogP contribution in [0.4, 0.5) is 0 Å². The molecule has 1 aromatic carbocycles. The Balaban J connectivity index is 1.33. The molecule has 2 heterocycles. The molecule has 5 rings (SSSR count). The zero-order chi connectivity index (χ0) is 23.1. The minimum absolute atomic E-state index is 0.0266. The van der Waals surface area contributed by atoms with Crippen molar-refractivity contribution in [3.8, 4) is 0 Å². The molecule has 1 aliphatic heterocycles. The summed E-state index contributed by atoms with van der Waals surface area (Å²) < 4.78 is 5.23. The Morgan fingerprint density at radius 2 is 2.15 bits per heavy atom. The minimum Gasteiger partial charge on any atom is -0.461 e. The van der Waals surface area contributed by atoms with E-state index < -0.39 is 0 Å². The summed E-state index contributed by atoms with van der Waals surface area (Å²) >= 11 is 7.84. The molecule has 6 nitrogen and oxygen atoms in total. The summed E-state index contributed by atoms with van der Waals surface area (Å²) in [6, 6.07) is 8.53. The second-order valence-corrected chi connectivity index (χ2v) is 11.0. The number of esters is 1. The number of carbonyl (C=O) groups is 2. The van der Waals surface area contributed by atoms with Crippen LogP contribution < -0.4 is 0 Å². The number of H-pyrrole nitrogens is 1. The summed E-state index contributed by atoms with van der Waals surface area (Å²) in [6.07, 6.45) is 2.97. The highest BCUT2D eigenvalue weighted by molar-refractivity contribution is 8.00. The number of nitrogens with zero attached hydrogens (tertiary/aromatic N) is 2. The van der Waals surface area contributed by atoms with Crippen LogP contribution in [0, 0.1) is 24.7 Å². The van der Waals surface area contributed by atoms with Gasteiger partial charge < -0.3 is 9.64 Å². The lowest BCUT2D eigenvalue weighted by molar-refractivity contribution is -0.130. The normalized spacial score (nSPS) is 27.7. The van der Waals surface area contributed by atoms with Gasteiger partial charge in [0.25, 0.3) is 0 Å². The van der Waals surface area contributed by atoms with E-state index in [1.54, 1.807) is 0 Å². The third-order valence-electron chi connectivity index (χ3n) is 7.53. The number of likely N-dealkylation sites (tertiary alicyclic amines) is 1. The average molecular weight is 488 g/mol. The van der Waals surface area contributed by atoms with Crippen LogP contribution in [0.3, 0.4) is 0 Å². The number of aromatic nitrogens is 2. The lowest BCUT2D eigenvalue weighted by atomic mass is 9.89. The minimum atomic E-state index is -0.328. The maximum absolute atomic E-state index is 12.4. The van der Waals surface area contributed by atoms with Crippen LogP contribution in [-0.2, 0) is 16.0 Å². The van der Waals surface area contributed by atoms with Gasteiger partial charge in [-0.25, -0.2) is 4.79 Å². The molecule has 2 aliphatic carbocycles. The summed E-state index contributed by atoms with van der Waals surface area (Å²) in [6.45, 7) is 5.85. The van der Waals surface area contributed by atoms with Gasteiger partial charge in [-0.05, 0) is 68.4 Å². The number of benzene rings is 1. The number of aromatic amines is 1. The number of hydrogen-bond donors (Lipinski definition) is 1. The number of alkyl halides is 1. The first kappa shape index (κ1) is 22.8. The Morgan fingerprint density at radius 3 is 2.91 bits per heavy atom. The van der Waals surface area contributed by atoms with Crippen molar-refractivity contribution in [1.82, 2.24) is 15.1 Å². The second kappa shape index (κ2) is 9.34. The standard InChI is InChI=1S/C25H30ClN3O3S/c1-3-32-25(31)24-23-18(27-28-24)11-17-16(22(17)23)10-15-13-29(21(30)12-26)9-8-20(15)33-19-7-5-4-6-14(19)2/h4-7,15-17,20,22H,3,8-13H2,1-2H3,(H,27,28)/t15?,16?,17-,20?,22+/m0/s1. The first-order valence-corrected chi connectivity index (χ1v) is 13.2. The SMILES string of the molecule is CCOC(=O)c1n[nH]c2c1[C@@H]1C(CC3CN(C(=O)CCl)CCC3Sc3ccccc3C)[C@@H]1C2. The Labute approximate surface area is 203 Å².